The number of carboxylic acid groups (broad SMARTS) is 2. The third-order valence-electron chi connectivity index (χ3n) is 12.5. The molecule has 6 heterocycles. The van der Waals surface area contributed by atoms with Crippen molar-refractivity contribution in [2.45, 2.75) is 109 Å². The Hall–Kier alpha value is -4.62. The molecule has 2 aromatic heterocycles. The topological polar surface area (TPSA) is 166 Å². The van der Waals surface area contributed by atoms with E-state index in [1.807, 2.05) is 27.7 Å². The van der Waals surface area contributed by atoms with Gasteiger partial charge in [0, 0.05) is 26.2 Å². The van der Waals surface area contributed by atoms with E-state index in [2.05, 4.69) is 19.8 Å². The van der Waals surface area contributed by atoms with Crippen molar-refractivity contribution in [1.82, 2.24) is 9.97 Å². The number of carbonyl (C=O) groups is 4. The number of anilines is 4. The Morgan fingerprint density at radius 2 is 1.06 bits per heavy atom. The first-order valence-electron chi connectivity index (χ1n) is 19.3. The van der Waals surface area contributed by atoms with Gasteiger partial charge in [0.05, 0.1) is 11.1 Å². The Morgan fingerprint density at radius 3 is 1.43 bits per heavy atom. The number of piperidine rings is 2. The van der Waals surface area contributed by atoms with Gasteiger partial charge < -0.3 is 29.5 Å². The minimum Gasteiger partial charge on any atom is -0.478 e. The minimum atomic E-state index is -0.994. The lowest BCUT2D eigenvalue weighted by Gasteiger charge is -2.48. The SMILES string of the molecule is CC.CC1(C)COC(=O)N1c1ccc(C(=O)O)c(N2CCC3(CCC3)CC2)n1.O=C(O)c1ccc(N2C(=O)OCC23CC3)nc1N1CCC2(CC1)CC2. The number of carboxylic acids is 2. The van der Waals surface area contributed by atoms with Crippen LogP contribution >= 0.6 is 0 Å². The largest absolute Gasteiger partial charge is 0.478 e. The number of cyclic esters (lactones) is 2. The molecule has 14 nitrogen and oxygen atoms in total. The van der Waals surface area contributed by atoms with Gasteiger partial charge in [-0.2, -0.15) is 0 Å². The second-order valence-corrected chi connectivity index (χ2v) is 16.3. The highest BCUT2D eigenvalue weighted by atomic mass is 16.6. The number of rotatable bonds is 6. The zero-order valence-electron chi connectivity index (χ0n) is 31.4. The average Bonchev–Trinajstić information content (AvgIpc) is 4.04. The Morgan fingerprint density at radius 1 is 0.623 bits per heavy atom. The molecule has 2 N–H and O–H groups in total. The molecule has 9 rings (SSSR count). The van der Waals surface area contributed by atoms with Crippen LogP contribution in [0.2, 0.25) is 0 Å². The summed E-state index contributed by atoms with van der Waals surface area (Å²) >= 11 is 0. The van der Waals surface area contributed by atoms with Crippen LogP contribution in [-0.2, 0) is 9.47 Å². The van der Waals surface area contributed by atoms with Crippen LogP contribution in [0.4, 0.5) is 32.9 Å². The van der Waals surface area contributed by atoms with Crippen LogP contribution in [0, 0.1) is 10.8 Å². The molecule has 0 aromatic carbocycles. The highest BCUT2D eigenvalue weighted by molar-refractivity contribution is 5.97. The van der Waals surface area contributed by atoms with E-state index < -0.39 is 23.6 Å². The molecule has 7 aliphatic rings. The van der Waals surface area contributed by atoms with E-state index in [1.165, 1.54) is 37.0 Å². The molecule has 3 spiro atoms. The van der Waals surface area contributed by atoms with Crippen molar-refractivity contribution >= 4 is 47.4 Å². The van der Waals surface area contributed by atoms with Gasteiger partial charge in [0.25, 0.3) is 0 Å². The predicted molar refractivity (Wildman–Crippen MR) is 198 cm³/mol. The minimum absolute atomic E-state index is 0.184. The number of aromatic nitrogens is 2. The van der Waals surface area contributed by atoms with E-state index in [9.17, 15) is 29.4 Å². The summed E-state index contributed by atoms with van der Waals surface area (Å²) in [5.74, 6) is -0.0825. The molecule has 4 saturated heterocycles. The van der Waals surface area contributed by atoms with Crippen molar-refractivity contribution in [1.29, 1.82) is 0 Å². The summed E-state index contributed by atoms with van der Waals surface area (Å²) in [6.45, 7) is 11.8. The summed E-state index contributed by atoms with van der Waals surface area (Å²) in [5.41, 5.74) is 0.597. The van der Waals surface area contributed by atoms with E-state index in [1.54, 1.807) is 29.2 Å². The molecule has 0 unspecified atom stereocenters. The van der Waals surface area contributed by atoms with Crippen molar-refractivity contribution < 1.29 is 38.9 Å². The summed E-state index contributed by atoms with van der Waals surface area (Å²) in [4.78, 5) is 64.2. The number of nitrogens with zero attached hydrogens (tertiary/aromatic N) is 6. The maximum atomic E-state index is 12.2. The summed E-state index contributed by atoms with van der Waals surface area (Å²) in [5, 5.41) is 19.2. The molecule has 2 amide bonds. The molecular formula is C39H52N6O8. The van der Waals surface area contributed by atoms with E-state index in [0.717, 1.165) is 64.7 Å². The van der Waals surface area contributed by atoms with Gasteiger partial charge in [-0.1, -0.05) is 20.3 Å². The Bertz CT molecular complexity index is 1760. The number of hydrogen-bond acceptors (Lipinski definition) is 10. The van der Waals surface area contributed by atoms with Gasteiger partial charge in [0.1, 0.15) is 47.6 Å². The monoisotopic (exact) mass is 732 g/mol. The normalized spacial score (nSPS) is 23.7. The van der Waals surface area contributed by atoms with Crippen LogP contribution in [-0.4, -0.2) is 94.8 Å². The maximum absolute atomic E-state index is 12.2. The van der Waals surface area contributed by atoms with Crippen LogP contribution in [0.3, 0.4) is 0 Å². The summed E-state index contributed by atoms with van der Waals surface area (Å²) in [6.07, 6.45) is 11.8. The van der Waals surface area contributed by atoms with Crippen molar-refractivity contribution in [2.24, 2.45) is 10.8 Å². The van der Waals surface area contributed by atoms with Crippen LogP contribution in [0.5, 0.6) is 0 Å². The molecule has 4 aliphatic heterocycles. The first-order chi connectivity index (χ1) is 25.3. The second kappa shape index (κ2) is 13.7. The van der Waals surface area contributed by atoms with E-state index in [4.69, 9.17) is 9.47 Å². The van der Waals surface area contributed by atoms with Crippen LogP contribution in [0.25, 0.3) is 0 Å². The van der Waals surface area contributed by atoms with Crippen molar-refractivity contribution in [3.8, 4) is 0 Å². The first-order valence-corrected chi connectivity index (χ1v) is 19.3. The van der Waals surface area contributed by atoms with Gasteiger partial charge in [-0.3, -0.25) is 9.80 Å². The first kappa shape index (κ1) is 36.7. The number of hydrogen-bond donors (Lipinski definition) is 2. The zero-order chi connectivity index (χ0) is 37.8. The van der Waals surface area contributed by atoms with Crippen molar-refractivity contribution in [2.75, 3.05) is 59.0 Å². The molecule has 7 fully saturated rings. The van der Waals surface area contributed by atoms with Gasteiger partial charge >= 0.3 is 24.1 Å². The Labute approximate surface area is 310 Å². The van der Waals surface area contributed by atoms with Crippen LogP contribution in [0.15, 0.2) is 24.3 Å². The second-order valence-electron chi connectivity index (χ2n) is 16.3. The van der Waals surface area contributed by atoms with Crippen LogP contribution in [0.1, 0.15) is 119 Å². The molecule has 3 aliphatic carbocycles. The smallest absolute Gasteiger partial charge is 0.416 e. The summed E-state index contributed by atoms with van der Waals surface area (Å²) < 4.78 is 10.4. The number of carbonyl (C=O) groups excluding carboxylic acids is 2. The predicted octanol–water partition coefficient (Wildman–Crippen LogP) is 6.96. The van der Waals surface area contributed by atoms with Gasteiger partial charge in [-0.15, -0.1) is 0 Å². The number of ether oxygens (including phenoxy) is 2. The molecule has 3 saturated carbocycles. The molecule has 0 atom stereocenters. The Kier molecular flexibility index (Phi) is 9.47. The molecule has 0 bridgehead atoms. The van der Waals surface area contributed by atoms with Crippen molar-refractivity contribution in [3.05, 3.63) is 35.4 Å². The molecule has 53 heavy (non-hydrogen) atoms. The highest BCUT2D eigenvalue weighted by Gasteiger charge is 2.58. The fourth-order valence-corrected chi connectivity index (χ4v) is 8.57. The lowest BCUT2D eigenvalue weighted by atomic mass is 9.63. The third-order valence-corrected chi connectivity index (χ3v) is 12.5. The fraction of sp³-hybridized carbons (Fsp3) is 0.641. The fourth-order valence-electron chi connectivity index (χ4n) is 8.57. The van der Waals surface area contributed by atoms with E-state index >= 15 is 0 Å². The number of pyridine rings is 2. The highest BCUT2D eigenvalue weighted by Crippen LogP contribution is 2.54. The number of amides is 2. The molecule has 0 radical (unpaired) electrons. The Balaban J connectivity index is 0.000000157. The van der Waals surface area contributed by atoms with E-state index in [0.29, 0.717) is 40.7 Å². The van der Waals surface area contributed by atoms with Gasteiger partial charge in [0.2, 0.25) is 0 Å². The van der Waals surface area contributed by atoms with Crippen molar-refractivity contribution in [3.63, 3.8) is 0 Å². The lowest BCUT2D eigenvalue weighted by molar-refractivity contribution is 0.0685. The molecule has 14 heteroatoms. The lowest BCUT2D eigenvalue weighted by Crippen LogP contribution is -2.45. The average molecular weight is 733 g/mol. The van der Waals surface area contributed by atoms with Gasteiger partial charge in [-0.05, 0) is 113 Å². The van der Waals surface area contributed by atoms with E-state index in [-0.39, 0.29) is 29.4 Å². The number of aromatic carboxylic acids is 2. The molecule has 286 valence electrons. The van der Waals surface area contributed by atoms with Gasteiger partial charge in [-0.25, -0.2) is 29.1 Å². The third kappa shape index (κ3) is 6.85. The molecular weight excluding hydrogens is 680 g/mol. The van der Waals surface area contributed by atoms with Crippen LogP contribution < -0.4 is 19.6 Å². The summed E-state index contributed by atoms with van der Waals surface area (Å²) in [7, 11) is 0. The summed E-state index contributed by atoms with van der Waals surface area (Å²) in [6, 6.07) is 6.35. The standard InChI is InChI=1S/C19H25N3O4.C18H21N3O4.C2H6/c1-18(2)12-26-17(25)22(18)14-5-4-13(16(23)24)15(20-14)21-10-8-19(9-11-21)6-3-7-19;22-15(23)12-1-2-13(21-16(24)25-11-18(21)5-6-18)19-14(12)20-9-7-17(3-4-17)8-10-20;1-2/h4-5H,3,6-12H2,1-2H3,(H,23,24);1-2H,3-11H2,(H,22,23);1-2H3. The maximum Gasteiger partial charge on any atom is 0.416 e. The quantitative estimate of drug-likeness (QED) is 0.314. The molecule has 2 aromatic rings. The zero-order valence-corrected chi connectivity index (χ0v) is 31.4. The van der Waals surface area contributed by atoms with Gasteiger partial charge in [0.15, 0.2) is 0 Å².